The highest BCUT2D eigenvalue weighted by atomic mass is 16.5. The van der Waals surface area contributed by atoms with Crippen LogP contribution >= 0.6 is 0 Å². The Morgan fingerprint density at radius 3 is 2.39 bits per heavy atom. The Kier molecular flexibility index (Phi) is 4.82. The van der Waals surface area contributed by atoms with Crippen LogP contribution in [-0.2, 0) is 9.59 Å². The van der Waals surface area contributed by atoms with Crippen LogP contribution < -0.4 is 15.0 Å². The lowest BCUT2D eigenvalue weighted by molar-refractivity contribution is -0.122. The molecule has 1 fully saturated rings. The second kappa shape index (κ2) is 7.23. The largest absolute Gasteiger partial charge is 0.504 e. The maximum absolute atomic E-state index is 12.8. The molecule has 4 amide bonds. The number of aromatic hydroxyl groups is 1. The van der Waals surface area contributed by atoms with Gasteiger partial charge < -0.3 is 14.9 Å². The Morgan fingerprint density at radius 1 is 1.11 bits per heavy atom. The summed E-state index contributed by atoms with van der Waals surface area (Å²) in [5.41, 5.74) is 0.171. The van der Waals surface area contributed by atoms with Gasteiger partial charge in [0.15, 0.2) is 11.5 Å². The summed E-state index contributed by atoms with van der Waals surface area (Å²) in [6, 6.07) is 8.34. The van der Waals surface area contributed by atoms with Gasteiger partial charge in [-0.25, -0.2) is 14.5 Å². The van der Waals surface area contributed by atoms with Crippen molar-refractivity contribution in [3.8, 4) is 11.5 Å². The maximum atomic E-state index is 12.8. The predicted octanol–water partition coefficient (Wildman–Crippen LogP) is 1.77. The number of carbonyl (C=O) groups is 4. The number of imide groups is 2. The van der Waals surface area contributed by atoms with Gasteiger partial charge in [0, 0.05) is 0 Å². The van der Waals surface area contributed by atoms with Crippen LogP contribution in [0.15, 0.2) is 48.0 Å². The predicted molar refractivity (Wildman–Crippen MR) is 97.1 cm³/mol. The first kappa shape index (κ1) is 18.6. The van der Waals surface area contributed by atoms with Crippen LogP contribution in [-0.4, -0.2) is 41.1 Å². The zero-order valence-electron chi connectivity index (χ0n) is 14.5. The molecule has 1 aliphatic heterocycles. The van der Waals surface area contributed by atoms with Gasteiger partial charge in [0.25, 0.3) is 11.8 Å². The average molecular weight is 382 g/mol. The van der Waals surface area contributed by atoms with Crippen LogP contribution in [0.4, 0.5) is 10.5 Å². The van der Waals surface area contributed by atoms with Crippen molar-refractivity contribution in [3.63, 3.8) is 0 Å². The number of anilines is 1. The van der Waals surface area contributed by atoms with Gasteiger partial charge in [0.1, 0.15) is 5.57 Å². The summed E-state index contributed by atoms with van der Waals surface area (Å²) in [6.07, 6.45) is 1.25. The van der Waals surface area contributed by atoms with E-state index in [-0.39, 0.29) is 28.3 Å². The summed E-state index contributed by atoms with van der Waals surface area (Å²) in [5.74, 6) is -2.86. The number of aromatic carboxylic acids is 1. The third kappa shape index (κ3) is 3.40. The van der Waals surface area contributed by atoms with E-state index in [0.29, 0.717) is 5.56 Å². The number of methoxy groups -OCH3 is 1. The molecule has 0 spiro atoms. The second-order valence-corrected chi connectivity index (χ2v) is 5.74. The molecule has 0 aromatic heterocycles. The molecule has 0 saturated carbocycles. The lowest BCUT2D eigenvalue weighted by Crippen LogP contribution is -2.54. The number of rotatable bonds is 4. The molecule has 0 atom stereocenters. The number of hydrogen-bond acceptors (Lipinski definition) is 6. The Bertz CT molecular complexity index is 1030. The number of carbonyl (C=O) groups excluding carboxylic acids is 3. The zero-order chi connectivity index (χ0) is 20.4. The number of phenols is 1. The molecule has 1 aliphatic rings. The van der Waals surface area contributed by atoms with Crippen LogP contribution in [0.3, 0.4) is 0 Å². The zero-order valence-corrected chi connectivity index (χ0v) is 14.5. The minimum atomic E-state index is -1.15. The summed E-state index contributed by atoms with van der Waals surface area (Å²) in [4.78, 5) is 48.8. The number of barbiturate groups is 1. The minimum absolute atomic E-state index is 0.0170. The molecule has 0 radical (unpaired) electrons. The van der Waals surface area contributed by atoms with E-state index in [1.54, 1.807) is 0 Å². The van der Waals surface area contributed by atoms with Gasteiger partial charge in [-0.1, -0.05) is 6.07 Å². The van der Waals surface area contributed by atoms with Crippen molar-refractivity contribution in [3.05, 3.63) is 59.2 Å². The summed E-state index contributed by atoms with van der Waals surface area (Å²) in [5, 5.41) is 20.7. The van der Waals surface area contributed by atoms with Crippen LogP contribution in [0.1, 0.15) is 15.9 Å². The van der Waals surface area contributed by atoms with E-state index in [4.69, 9.17) is 9.84 Å². The molecule has 2 aromatic carbocycles. The molecule has 9 nitrogen and oxygen atoms in total. The number of hydrogen-bond donors (Lipinski definition) is 3. The molecule has 1 heterocycles. The molecule has 3 N–H and O–H groups in total. The van der Waals surface area contributed by atoms with Gasteiger partial charge in [-0.2, -0.15) is 0 Å². The number of amides is 4. The first-order valence-corrected chi connectivity index (χ1v) is 7.93. The van der Waals surface area contributed by atoms with E-state index >= 15 is 0 Å². The smallest absolute Gasteiger partial charge is 0.335 e. The molecular weight excluding hydrogens is 368 g/mol. The van der Waals surface area contributed by atoms with Gasteiger partial charge in [-0.15, -0.1) is 0 Å². The van der Waals surface area contributed by atoms with Crippen LogP contribution in [0.5, 0.6) is 11.5 Å². The fourth-order valence-electron chi connectivity index (χ4n) is 2.60. The molecule has 1 saturated heterocycles. The number of carboxylic acids is 1. The van der Waals surface area contributed by atoms with E-state index in [0.717, 1.165) is 4.90 Å². The summed E-state index contributed by atoms with van der Waals surface area (Å²) < 4.78 is 4.99. The summed E-state index contributed by atoms with van der Waals surface area (Å²) in [7, 11) is 1.35. The Morgan fingerprint density at radius 2 is 1.79 bits per heavy atom. The summed E-state index contributed by atoms with van der Waals surface area (Å²) in [6.45, 7) is 0. The normalized spacial score (nSPS) is 15.5. The monoisotopic (exact) mass is 382 g/mol. The maximum Gasteiger partial charge on any atom is 0.335 e. The number of urea groups is 1. The minimum Gasteiger partial charge on any atom is -0.504 e. The highest BCUT2D eigenvalue weighted by molar-refractivity contribution is 6.39. The van der Waals surface area contributed by atoms with Gasteiger partial charge in [-0.05, 0) is 48.0 Å². The summed E-state index contributed by atoms with van der Waals surface area (Å²) >= 11 is 0. The first-order chi connectivity index (χ1) is 13.3. The average Bonchev–Trinajstić information content (AvgIpc) is 2.66. The number of nitrogens with zero attached hydrogens (tertiary/aromatic N) is 1. The molecule has 3 rings (SSSR count). The molecule has 0 unspecified atom stereocenters. The van der Waals surface area contributed by atoms with E-state index in [1.165, 1.54) is 55.7 Å². The standard InChI is InChI=1S/C19H14N2O7/c1-28-15-9-10(2-7-14(15)22)8-13-16(23)20-19(27)21(17(13)24)12-5-3-11(4-6-12)18(25)26/h2-9,22H,1H3,(H,25,26)(H,20,23,27)/b13-8+. The van der Waals surface area contributed by atoms with Crippen LogP contribution in [0.2, 0.25) is 0 Å². The first-order valence-electron chi connectivity index (χ1n) is 7.93. The Labute approximate surface area is 158 Å². The topological polar surface area (TPSA) is 133 Å². The molecule has 0 aliphatic carbocycles. The molecular formula is C19H14N2O7. The van der Waals surface area contributed by atoms with E-state index in [1.807, 2.05) is 0 Å². The molecule has 9 heteroatoms. The number of phenolic OH excluding ortho intramolecular Hbond substituents is 1. The fourth-order valence-corrected chi connectivity index (χ4v) is 2.60. The third-order valence-electron chi connectivity index (χ3n) is 3.99. The highest BCUT2D eigenvalue weighted by Gasteiger charge is 2.36. The Hall–Kier alpha value is -4.14. The van der Waals surface area contributed by atoms with Gasteiger partial charge in [0.05, 0.1) is 18.4 Å². The number of nitrogens with one attached hydrogen (secondary N) is 1. The second-order valence-electron chi connectivity index (χ2n) is 5.74. The van der Waals surface area contributed by atoms with Crippen molar-refractivity contribution in [2.75, 3.05) is 12.0 Å². The van der Waals surface area contributed by atoms with Crippen LogP contribution in [0.25, 0.3) is 6.08 Å². The number of carboxylic acid groups (broad SMARTS) is 1. The molecule has 142 valence electrons. The van der Waals surface area contributed by atoms with Gasteiger partial charge in [0.2, 0.25) is 0 Å². The van der Waals surface area contributed by atoms with Crippen molar-refractivity contribution in [1.82, 2.24) is 5.32 Å². The van der Waals surface area contributed by atoms with E-state index < -0.39 is 23.8 Å². The van der Waals surface area contributed by atoms with Crippen molar-refractivity contribution >= 4 is 35.6 Å². The fraction of sp³-hybridized carbons (Fsp3) is 0.0526. The van der Waals surface area contributed by atoms with Crippen molar-refractivity contribution in [1.29, 1.82) is 0 Å². The van der Waals surface area contributed by atoms with Gasteiger partial charge >= 0.3 is 12.0 Å². The third-order valence-corrected chi connectivity index (χ3v) is 3.99. The van der Waals surface area contributed by atoms with Gasteiger partial charge in [-0.3, -0.25) is 14.9 Å². The lowest BCUT2D eigenvalue weighted by atomic mass is 10.1. The SMILES string of the molecule is COc1cc(/C=C2\C(=O)NC(=O)N(c3ccc(C(=O)O)cc3)C2=O)ccc1O. The number of benzene rings is 2. The van der Waals surface area contributed by atoms with Crippen molar-refractivity contribution in [2.24, 2.45) is 0 Å². The van der Waals surface area contributed by atoms with Crippen molar-refractivity contribution < 1.29 is 34.1 Å². The van der Waals surface area contributed by atoms with Crippen molar-refractivity contribution in [2.45, 2.75) is 0 Å². The molecule has 28 heavy (non-hydrogen) atoms. The quantitative estimate of drug-likeness (QED) is 0.542. The Balaban J connectivity index is 1.99. The highest BCUT2D eigenvalue weighted by Crippen LogP contribution is 2.28. The number of ether oxygens (including phenoxy) is 1. The van der Waals surface area contributed by atoms with Crippen LogP contribution in [0, 0.1) is 0 Å². The molecule has 0 bridgehead atoms. The molecule has 2 aromatic rings. The van der Waals surface area contributed by atoms with E-state index in [9.17, 15) is 24.3 Å². The lowest BCUT2D eigenvalue weighted by Gasteiger charge is -2.26. The van der Waals surface area contributed by atoms with E-state index in [2.05, 4.69) is 5.32 Å².